The number of nitrogens with zero attached hydrogens (tertiary/aromatic N) is 7. The van der Waals surface area contributed by atoms with E-state index in [-0.39, 0.29) is 44.3 Å². The number of nitrogens with two attached hydrogens (primary N) is 1. The summed E-state index contributed by atoms with van der Waals surface area (Å²) in [6.07, 6.45) is 3.64. The highest BCUT2D eigenvalue weighted by Crippen LogP contribution is 2.35. The van der Waals surface area contributed by atoms with Gasteiger partial charge in [0, 0.05) is 31.6 Å². The average Bonchev–Trinajstić information content (AvgIpc) is 3.89. The Balaban J connectivity index is 0.769. The molecule has 0 bridgehead atoms. The SMILES string of the molecule is Nc1ncnc2c1c(-c1ccc(Oc3ccccc3)cc1)nn2[C@@H]1CCCN(C(=O)COCCOCCOCCOCC(=O)NC2=NN(c3ccc(Cl)c(Cl)c3)CC2)C1. The van der Waals surface area contributed by atoms with E-state index in [2.05, 4.69) is 20.4 Å². The number of hydrogen-bond acceptors (Lipinski definition) is 13. The lowest BCUT2D eigenvalue weighted by Gasteiger charge is -2.33. The number of nitrogen functional groups attached to an aromatic ring is 1. The van der Waals surface area contributed by atoms with Crippen LogP contribution in [0.4, 0.5) is 11.5 Å². The van der Waals surface area contributed by atoms with E-state index in [4.69, 9.17) is 57.7 Å². The first kappa shape index (κ1) is 41.8. The number of ether oxygens (including phenoxy) is 5. The Morgan fingerprint density at radius 3 is 2.27 bits per heavy atom. The summed E-state index contributed by atoms with van der Waals surface area (Å²) in [4.78, 5) is 36.0. The Hall–Kier alpha value is -5.36. The normalized spacial score (nSPS) is 15.4. The summed E-state index contributed by atoms with van der Waals surface area (Å²) in [5.41, 5.74) is 9.30. The van der Waals surface area contributed by atoms with Crippen molar-refractivity contribution in [1.82, 2.24) is 30.0 Å². The fourth-order valence-electron chi connectivity index (χ4n) is 6.69. The van der Waals surface area contributed by atoms with E-state index >= 15 is 0 Å². The topological polar surface area (TPSA) is 181 Å². The highest BCUT2D eigenvalue weighted by Gasteiger charge is 2.29. The molecule has 18 heteroatoms. The Morgan fingerprint density at radius 2 is 1.53 bits per heavy atom. The number of amidine groups is 1. The number of nitrogens with one attached hydrogen (secondary N) is 1. The highest BCUT2D eigenvalue weighted by molar-refractivity contribution is 6.42. The van der Waals surface area contributed by atoms with Crippen molar-refractivity contribution in [3.8, 4) is 22.8 Å². The number of likely N-dealkylation sites (tertiary alicyclic amines) is 1. The summed E-state index contributed by atoms with van der Waals surface area (Å²) < 4.78 is 30.0. The van der Waals surface area contributed by atoms with Crippen LogP contribution in [-0.2, 0) is 28.5 Å². The van der Waals surface area contributed by atoms with Crippen LogP contribution in [0, 0.1) is 0 Å². The first-order valence-electron chi connectivity index (χ1n) is 19.3. The van der Waals surface area contributed by atoms with Gasteiger partial charge in [0.05, 0.1) is 66.8 Å². The molecule has 7 rings (SSSR count). The number of piperidine rings is 1. The van der Waals surface area contributed by atoms with Crippen LogP contribution in [0.5, 0.6) is 11.5 Å². The van der Waals surface area contributed by atoms with E-state index in [9.17, 15) is 9.59 Å². The monoisotopic (exact) mass is 845 g/mol. The van der Waals surface area contributed by atoms with Gasteiger partial charge in [-0.2, -0.15) is 10.2 Å². The maximum Gasteiger partial charge on any atom is 0.251 e. The Kier molecular flexibility index (Phi) is 14.6. The standard InChI is InChI=1S/C41H45Cl2N9O7/c42-33-13-10-29(23-34(33)43)51-16-14-35(48-51)47-36(53)25-57-21-19-55-17-18-56-20-22-58-26-37(54)50-15-4-5-30(24-50)52-41-38(40(44)45-27-46-41)39(49-52)28-8-11-32(12-9-28)59-31-6-2-1-3-7-31/h1-3,6-13,23,27,30H,4-5,14-22,24-26H2,(H2,44,45,46)(H,47,48,53)/t30-/m1/s1. The highest BCUT2D eigenvalue weighted by atomic mass is 35.5. The maximum atomic E-state index is 13.2. The van der Waals surface area contributed by atoms with Gasteiger partial charge in [0.15, 0.2) is 5.65 Å². The molecule has 1 atom stereocenters. The molecule has 310 valence electrons. The fourth-order valence-corrected chi connectivity index (χ4v) is 6.98. The summed E-state index contributed by atoms with van der Waals surface area (Å²) in [7, 11) is 0. The average molecular weight is 847 g/mol. The number of hydrazone groups is 1. The first-order valence-corrected chi connectivity index (χ1v) is 20.1. The van der Waals surface area contributed by atoms with Crippen LogP contribution < -0.4 is 20.8 Å². The minimum atomic E-state index is -0.295. The third-order valence-electron chi connectivity index (χ3n) is 9.58. The lowest BCUT2D eigenvalue weighted by molar-refractivity contribution is -0.138. The third kappa shape index (κ3) is 11.2. The maximum absolute atomic E-state index is 13.2. The van der Waals surface area contributed by atoms with Crippen molar-refractivity contribution in [3.63, 3.8) is 0 Å². The van der Waals surface area contributed by atoms with E-state index in [0.29, 0.717) is 96.7 Å². The molecule has 0 unspecified atom stereocenters. The second-order valence-electron chi connectivity index (χ2n) is 13.7. The van der Waals surface area contributed by atoms with Crippen molar-refractivity contribution in [3.05, 3.63) is 89.2 Å². The molecule has 2 aliphatic rings. The minimum absolute atomic E-state index is 0.0576. The summed E-state index contributed by atoms with van der Waals surface area (Å²) in [5.74, 6) is 1.93. The lowest BCUT2D eigenvalue weighted by Crippen LogP contribution is -2.42. The molecule has 2 amide bonds. The molecule has 0 radical (unpaired) electrons. The zero-order chi connectivity index (χ0) is 41.0. The predicted octanol–water partition coefficient (Wildman–Crippen LogP) is 5.74. The zero-order valence-corrected chi connectivity index (χ0v) is 33.8. The van der Waals surface area contributed by atoms with Crippen LogP contribution in [0.2, 0.25) is 10.0 Å². The van der Waals surface area contributed by atoms with Gasteiger partial charge in [0.1, 0.15) is 48.4 Å². The summed E-state index contributed by atoms with van der Waals surface area (Å²) in [5, 5.41) is 15.5. The van der Waals surface area contributed by atoms with Crippen molar-refractivity contribution in [2.24, 2.45) is 5.10 Å². The number of halogens is 2. The van der Waals surface area contributed by atoms with Crippen LogP contribution in [-0.4, -0.2) is 115 Å². The van der Waals surface area contributed by atoms with Crippen LogP contribution >= 0.6 is 23.2 Å². The molecule has 1 saturated heterocycles. The van der Waals surface area contributed by atoms with Gasteiger partial charge in [0.25, 0.3) is 5.91 Å². The number of para-hydroxylation sites is 1. The molecule has 59 heavy (non-hydrogen) atoms. The smallest absolute Gasteiger partial charge is 0.251 e. The van der Waals surface area contributed by atoms with Crippen molar-refractivity contribution >= 4 is 63.4 Å². The molecule has 2 aliphatic heterocycles. The molecule has 5 aromatic rings. The summed E-state index contributed by atoms with van der Waals surface area (Å²) in [6, 6.07) is 22.4. The number of hydrogen-bond donors (Lipinski definition) is 2. The Bertz CT molecular complexity index is 2230. The molecule has 3 aromatic carbocycles. The molecule has 4 heterocycles. The minimum Gasteiger partial charge on any atom is -0.457 e. The second-order valence-corrected chi connectivity index (χ2v) is 14.5. The van der Waals surface area contributed by atoms with Crippen molar-refractivity contribution < 1.29 is 33.3 Å². The van der Waals surface area contributed by atoms with E-state index < -0.39 is 0 Å². The van der Waals surface area contributed by atoms with E-state index in [1.165, 1.54) is 6.33 Å². The molecule has 16 nitrogen and oxygen atoms in total. The molecule has 0 spiro atoms. The molecule has 3 N–H and O–H groups in total. The van der Waals surface area contributed by atoms with Crippen LogP contribution in [0.25, 0.3) is 22.3 Å². The van der Waals surface area contributed by atoms with Crippen LogP contribution in [0.1, 0.15) is 25.3 Å². The van der Waals surface area contributed by atoms with E-state index in [1.54, 1.807) is 22.0 Å². The van der Waals surface area contributed by atoms with Gasteiger partial charge in [0.2, 0.25) is 5.91 Å². The number of amides is 2. The van der Waals surface area contributed by atoms with Gasteiger partial charge < -0.3 is 39.6 Å². The van der Waals surface area contributed by atoms with Crippen LogP contribution in [0.15, 0.2) is 84.2 Å². The quantitative estimate of drug-likeness (QED) is 0.102. The van der Waals surface area contributed by atoms with Crippen molar-refractivity contribution in [1.29, 1.82) is 0 Å². The fraction of sp³-hybridized carbons (Fsp3) is 0.366. The third-order valence-corrected chi connectivity index (χ3v) is 10.3. The van der Waals surface area contributed by atoms with Gasteiger partial charge in [-0.15, -0.1) is 0 Å². The number of aromatic nitrogens is 4. The van der Waals surface area contributed by atoms with Gasteiger partial charge in [-0.25, -0.2) is 14.6 Å². The molecule has 0 aliphatic carbocycles. The van der Waals surface area contributed by atoms with Gasteiger partial charge in [-0.05, 0) is 67.4 Å². The first-order chi connectivity index (χ1) is 28.8. The molecule has 2 aromatic heterocycles. The van der Waals surface area contributed by atoms with Gasteiger partial charge >= 0.3 is 0 Å². The zero-order valence-electron chi connectivity index (χ0n) is 32.3. The predicted molar refractivity (Wildman–Crippen MR) is 224 cm³/mol. The van der Waals surface area contributed by atoms with Crippen LogP contribution in [0.3, 0.4) is 0 Å². The number of carbonyl (C=O) groups is 2. The number of fused-ring (bicyclic) bond motifs is 1. The van der Waals surface area contributed by atoms with Gasteiger partial charge in [-0.1, -0.05) is 41.4 Å². The molecule has 1 fully saturated rings. The summed E-state index contributed by atoms with van der Waals surface area (Å²) >= 11 is 12.1. The largest absolute Gasteiger partial charge is 0.457 e. The number of anilines is 2. The summed E-state index contributed by atoms with van der Waals surface area (Å²) in [6.45, 7) is 3.34. The molecular weight excluding hydrogens is 801 g/mol. The van der Waals surface area contributed by atoms with Crippen molar-refractivity contribution in [2.75, 3.05) is 83.2 Å². The second kappa shape index (κ2) is 20.6. The van der Waals surface area contributed by atoms with Gasteiger partial charge in [-0.3, -0.25) is 14.6 Å². The van der Waals surface area contributed by atoms with E-state index in [1.807, 2.05) is 65.3 Å². The number of benzene rings is 3. The van der Waals surface area contributed by atoms with E-state index in [0.717, 1.165) is 29.8 Å². The number of carbonyl (C=O) groups excluding carboxylic acids is 2. The lowest BCUT2D eigenvalue weighted by atomic mass is 10.1. The Morgan fingerprint density at radius 1 is 0.814 bits per heavy atom. The molecular formula is C41H45Cl2N9O7. The Labute approximate surface area is 351 Å². The van der Waals surface area contributed by atoms with Crippen molar-refractivity contribution in [2.45, 2.75) is 25.3 Å². The molecule has 0 saturated carbocycles. The number of rotatable bonds is 18.